The summed E-state index contributed by atoms with van der Waals surface area (Å²) in [6, 6.07) is 0. The van der Waals surface area contributed by atoms with Gasteiger partial charge in [-0.3, -0.25) is 43.2 Å². The molecule has 0 spiro atoms. The zero-order valence-corrected chi connectivity index (χ0v) is 28.9. The highest BCUT2D eigenvalue weighted by atomic mass is 16.4. The molecule has 19 heteroatoms. The minimum absolute atomic E-state index is 0.0769. The molecule has 0 unspecified atom stereocenters. The van der Waals surface area contributed by atoms with Crippen LogP contribution in [0.5, 0.6) is 0 Å². The van der Waals surface area contributed by atoms with Crippen molar-refractivity contribution in [3.05, 3.63) is 0 Å². The molecule has 0 rings (SSSR count). The van der Waals surface area contributed by atoms with E-state index >= 15 is 0 Å². The molecule has 19 nitrogen and oxygen atoms in total. The number of carboxylic acids is 1. The van der Waals surface area contributed by atoms with Crippen LogP contribution >= 0.6 is 0 Å². The van der Waals surface area contributed by atoms with Crippen LogP contribution in [-0.2, 0) is 43.2 Å². The summed E-state index contributed by atoms with van der Waals surface area (Å²) in [6.07, 6.45) is 0. The van der Waals surface area contributed by atoms with Crippen molar-refractivity contribution in [2.24, 2.45) is 0 Å². The maximum Gasteiger partial charge on any atom is 0.322 e. The van der Waals surface area contributed by atoms with Gasteiger partial charge in [0, 0.05) is 42.3 Å². The average molecular weight is 674 g/mol. The number of nitrogens with zero attached hydrogens (tertiary/aromatic N) is 6. The van der Waals surface area contributed by atoms with Crippen molar-refractivity contribution in [2.75, 3.05) is 108 Å². The van der Waals surface area contributed by atoms with Crippen LogP contribution in [0.1, 0.15) is 20.8 Å². The van der Waals surface area contributed by atoms with E-state index in [4.69, 9.17) is 5.11 Å². The van der Waals surface area contributed by atoms with Gasteiger partial charge in [0.1, 0.15) is 6.54 Å². The summed E-state index contributed by atoms with van der Waals surface area (Å²) in [5, 5.41) is 15.9. The quantitative estimate of drug-likeness (QED) is 0.102. The third kappa shape index (κ3) is 19.3. The molecule has 4 N–H and O–H groups in total. The molecule has 0 aliphatic carbocycles. The Kier molecular flexibility index (Phi) is 22.2. The highest BCUT2D eigenvalue weighted by Crippen LogP contribution is 1.96. The first-order valence-corrected chi connectivity index (χ1v) is 14.8. The summed E-state index contributed by atoms with van der Waals surface area (Å²) in [7, 11) is 8.14. The molecule has 0 aliphatic rings. The van der Waals surface area contributed by atoms with Gasteiger partial charge in [-0.05, 0) is 6.54 Å². The standard InChI is InChI=1S/C26H45N9O10.C2H6/c1-8-27-9-20(38)32(4)14-24(42)34(6)16-22(40)30(2)12-18(36)28-10-21(39)33(5)15-25(43)35(7)17-23(41)31(3)13-19(37)29-11-26(44)45;1-2/h27H,8-17H2,1-7H3,(H,28,36)(H,29,37)(H,44,45);1-2H3. The van der Waals surface area contributed by atoms with E-state index in [9.17, 15) is 43.2 Å². The molecule has 0 bridgehead atoms. The van der Waals surface area contributed by atoms with Crippen LogP contribution < -0.4 is 16.0 Å². The number of carbonyl (C=O) groups excluding carboxylic acids is 8. The zero-order valence-electron chi connectivity index (χ0n) is 28.9. The summed E-state index contributed by atoms with van der Waals surface area (Å²) < 4.78 is 0. The molecule has 0 aromatic rings. The number of hydrogen-bond donors (Lipinski definition) is 4. The van der Waals surface area contributed by atoms with Gasteiger partial charge in [-0.25, -0.2) is 0 Å². The van der Waals surface area contributed by atoms with Crippen LogP contribution in [0.25, 0.3) is 0 Å². The highest BCUT2D eigenvalue weighted by Gasteiger charge is 2.23. The fraction of sp³-hybridized carbons (Fsp3) is 0.679. The second kappa shape index (κ2) is 23.5. The largest absolute Gasteiger partial charge is 0.480 e. The smallest absolute Gasteiger partial charge is 0.322 e. The number of nitrogens with one attached hydrogen (secondary N) is 3. The lowest BCUT2D eigenvalue weighted by Gasteiger charge is -2.25. The van der Waals surface area contributed by atoms with Gasteiger partial charge in [-0.1, -0.05) is 20.8 Å². The van der Waals surface area contributed by atoms with Gasteiger partial charge in [-0.15, -0.1) is 0 Å². The fourth-order valence-corrected chi connectivity index (χ4v) is 3.22. The van der Waals surface area contributed by atoms with Crippen LogP contribution in [0.15, 0.2) is 0 Å². The average Bonchev–Trinajstić information content (AvgIpc) is 3.01. The fourth-order valence-electron chi connectivity index (χ4n) is 3.22. The molecular weight excluding hydrogens is 622 g/mol. The van der Waals surface area contributed by atoms with Crippen molar-refractivity contribution in [1.29, 1.82) is 0 Å². The van der Waals surface area contributed by atoms with Crippen molar-refractivity contribution in [1.82, 2.24) is 45.3 Å². The van der Waals surface area contributed by atoms with Crippen molar-refractivity contribution in [3.8, 4) is 0 Å². The Labute approximate surface area is 275 Å². The van der Waals surface area contributed by atoms with E-state index in [1.807, 2.05) is 20.8 Å². The summed E-state index contributed by atoms with van der Waals surface area (Å²) in [5.74, 6) is -5.75. The van der Waals surface area contributed by atoms with E-state index in [2.05, 4.69) is 16.0 Å². The molecule has 0 atom stereocenters. The second-order valence-corrected chi connectivity index (χ2v) is 10.2. The highest BCUT2D eigenvalue weighted by molar-refractivity contribution is 5.93. The van der Waals surface area contributed by atoms with Crippen molar-refractivity contribution in [2.45, 2.75) is 20.8 Å². The minimum Gasteiger partial charge on any atom is -0.480 e. The minimum atomic E-state index is -1.24. The molecule has 0 aromatic carbocycles. The second-order valence-electron chi connectivity index (χ2n) is 10.2. The van der Waals surface area contributed by atoms with E-state index < -0.39 is 86.6 Å². The molecule has 0 aliphatic heterocycles. The Morgan fingerprint density at radius 3 is 1.04 bits per heavy atom. The third-order valence-corrected chi connectivity index (χ3v) is 6.21. The summed E-state index contributed by atoms with van der Waals surface area (Å²) in [6.45, 7) is 3.20. The Hall–Kier alpha value is -4.81. The normalized spacial score (nSPS) is 9.89. The van der Waals surface area contributed by atoms with Crippen molar-refractivity contribution in [3.63, 3.8) is 0 Å². The molecule has 0 fully saturated rings. The van der Waals surface area contributed by atoms with E-state index in [1.54, 1.807) is 0 Å². The predicted octanol–water partition coefficient (Wildman–Crippen LogP) is -4.31. The number of carbonyl (C=O) groups is 9. The SMILES string of the molecule is CC.CCNCC(=O)N(C)CC(=O)N(C)CC(=O)N(C)CC(=O)NCC(=O)N(C)CC(=O)N(C)CC(=O)N(C)CC(=O)NCC(=O)O. The molecule has 0 heterocycles. The molecular formula is C28H51N9O10. The maximum absolute atomic E-state index is 12.5. The van der Waals surface area contributed by atoms with Crippen LogP contribution in [0, 0.1) is 0 Å². The Bertz CT molecular complexity index is 1120. The molecule has 8 amide bonds. The molecule has 0 aromatic heterocycles. The molecule has 0 saturated heterocycles. The van der Waals surface area contributed by atoms with Gasteiger partial charge < -0.3 is 50.5 Å². The van der Waals surface area contributed by atoms with Crippen LogP contribution in [-0.4, -0.2) is 195 Å². The van der Waals surface area contributed by atoms with Gasteiger partial charge in [0.15, 0.2) is 0 Å². The van der Waals surface area contributed by atoms with Gasteiger partial charge in [0.25, 0.3) is 0 Å². The first kappa shape index (κ1) is 44.3. The lowest BCUT2D eigenvalue weighted by Crippen LogP contribution is -2.48. The zero-order chi connectivity index (χ0) is 36.9. The first-order chi connectivity index (χ1) is 21.9. The number of likely N-dealkylation sites (N-methyl/N-ethyl adjacent to an activating group) is 7. The van der Waals surface area contributed by atoms with E-state index in [-0.39, 0.29) is 25.5 Å². The first-order valence-electron chi connectivity index (χ1n) is 14.8. The van der Waals surface area contributed by atoms with Gasteiger partial charge >= 0.3 is 5.97 Å². The van der Waals surface area contributed by atoms with Gasteiger partial charge in [-0.2, -0.15) is 0 Å². The van der Waals surface area contributed by atoms with Gasteiger partial charge in [0.2, 0.25) is 47.3 Å². The summed E-state index contributed by atoms with van der Waals surface area (Å²) >= 11 is 0. The molecule has 268 valence electrons. The number of amides is 8. The number of aliphatic carboxylic acids is 1. The Morgan fingerprint density at radius 1 is 0.447 bits per heavy atom. The lowest BCUT2D eigenvalue weighted by molar-refractivity contribution is -0.143. The monoisotopic (exact) mass is 673 g/mol. The topological polar surface area (TPSA) is 229 Å². The van der Waals surface area contributed by atoms with Crippen molar-refractivity contribution >= 4 is 53.2 Å². The number of hydrogen-bond acceptors (Lipinski definition) is 10. The van der Waals surface area contributed by atoms with Crippen LogP contribution in [0.3, 0.4) is 0 Å². The predicted molar refractivity (Wildman–Crippen MR) is 169 cm³/mol. The number of rotatable bonds is 19. The van der Waals surface area contributed by atoms with Crippen LogP contribution in [0.2, 0.25) is 0 Å². The molecule has 47 heavy (non-hydrogen) atoms. The number of carboxylic acid groups (broad SMARTS) is 1. The Morgan fingerprint density at radius 2 is 0.723 bits per heavy atom. The third-order valence-electron chi connectivity index (χ3n) is 6.21. The van der Waals surface area contributed by atoms with E-state index in [0.717, 1.165) is 24.5 Å². The lowest BCUT2D eigenvalue weighted by atomic mass is 10.3. The van der Waals surface area contributed by atoms with Crippen molar-refractivity contribution < 1.29 is 48.3 Å². The molecule has 0 radical (unpaired) electrons. The summed E-state index contributed by atoms with van der Waals surface area (Å²) in [4.78, 5) is 115. The van der Waals surface area contributed by atoms with E-state index in [1.165, 1.54) is 47.2 Å². The maximum atomic E-state index is 12.5. The summed E-state index contributed by atoms with van der Waals surface area (Å²) in [5.41, 5.74) is 0. The van der Waals surface area contributed by atoms with Crippen LogP contribution in [0.4, 0.5) is 0 Å². The Balaban J connectivity index is 0. The van der Waals surface area contributed by atoms with Gasteiger partial charge in [0.05, 0.1) is 52.4 Å². The molecule has 0 saturated carbocycles. The van der Waals surface area contributed by atoms with E-state index in [0.29, 0.717) is 6.54 Å².